The van der Waals surface area contributed by atoms with Gasteiger partial charge in [0, 0.05) is 31.7 Å². The fraction of sp³-hybridized carbons (Fsp3) is 0.182. The first kappa shape index (κ1) is 18.5. The monoisotopic (exact) mass is 416 g/mol. The van der Waals surface area contributed by atoms with Crippen LogP contribution in [0.3, 0.4) is 0 Å². The minimum absolute atomic E-state index is 0.0890. The van der Waals surface area contributed by atoms with Crippen molar-refractivity contribution in [3.63, 3.8) is 0 Å². The molecule has 1 fully saturated rings. The van der Waals surface area contributed by atoms with E-state index < -0.39 is 0 Å². The standard InChI is InChI=1S/C22H20N6OS/c29-21(20-19(11-16-30-20)17-7-3-1-4-8-17)26-12-14-27(15-13-26)22-23-24-25-28(22)18-9-5-2-6-10-18/h1-11,16H,12-15H2. The summed E-state index contributed by atoms with van der Waals surface area (Å²) >= 11 is 1.50. The van der Waals surface area contributed by atoms with E-state index in [9.17, 15) is 4.79 Å². The summed E-state index contributed by atoms with van der Waals surface area (Å²) in [7, 11) is 0. The fourth-order valence-corrected chi connectivity index (χ4v) is 4.57. The predicted octanol–water partition coefficient (Wildman–Crippen LogP) is 3.35. The van der Waals surface area contributed by atoms with Crippen LogP contribution in [0.15, 0.2) is 72.1 Å². The zero-order chi connectivity index (χ0) is 20.3. The van der Waals surface area contributed by atoms with Crippen molar-refractivity contribution in [1.82, 2.24) is 25.1 Å². The van der Waals surface area contributed by atoms with Crippen LogP contribution >= 0.6 is 11.3 Å². The lowest BCUT2D eigenvalue weighted by Gasteiger charge is -2.34. The third-order valence-corrected chi connectivity index (χ3v) is 6.15. The second kappa shape index (κ2) is 8.08. The molecule has 0 unspecified atom stereocenters. The second-order valence-electron chi connectivity index (χ2n) is 7.03. The van der Waals surface area contributed by atoms with Gasteiger partial charge in [-0.15, -0.1) is 11.3 Å². The molecule has 0 atom stereocenters. The normalized spacial score (nSPS) is 14.1. The van der Waals surface area contributed by atoms with Crippen molar-refractivity contribution in [2.45, 2.75) is 0 Å². The van der Waals surface area contributed by atoms with Crippen LogP contribution in [0.25, 0.3) is 16.8 Å². The Bertz CT molecular complexity index is 1130. The summed E-state index contributed by atoms with van der Waals surface area (Å²) in [5.74, 6) is 0.792. The SMILES string of the molecule is O=C(c1sccc1-c1ccccc1)N1CCN(c2nnnn2-c2ccccc2)CC1. The Kier molecular flexibility index (Phi) is 4.98. The number of hydrogen-bond donors (Lipinski definition) is 0. The largest absolute Gasteiger partial charge is 0.336 e. The Hall–Kier alpha value is -3.52. The number of piperazine rings is 1. The number of benzene rings is 2. The quantitative estimate of drug-likeness (QED) is 0.510. The Balaban J connectivity index is 1.31. The van der Waals surface area contributed by atoms with E-state index in [-0.39, 0.29) is 5.91 Å². The molecule has 2 aromatic carbocycles. The number of anilines is 1. The van der Waals surface area contributed by atoms with Crippen molar-refractivity contribution in [3.8, 4) is 16.8 Å². The average molecular weight is 417 g/mol. The van der Waals surface area contributed by atoms with E-state index in [1.54, 1.807) is 4.68 Å². The number of hydrogen-bond acceptors (Lipinski definition) is 6. The van der Waals surface area contributed by atoms with Crippen molar-refractivity contribution < 1.29 is 4.79 Å². The lowest BCUT2D eigenvalue weighted by molar-refractivity contribution is 0.0751. The summed E-state index contributed by atoms with van der Waals surface area (Å²) in [4.78, 5) is 18.1. The minimum atomic E-state index is 0.0890. The number of para-hydroxylation sites is 1. The smallest absolute Gasteiger partial charge is 0.264 e. The van der Waals surface area contributed by atoms with Gasteiger partial charge >= 0.3 is 0 Å². The molecular weight excluding hydrogens is 396 g/mol. The summed E-state index contributed by atoms with van der Waals surface area (Å²) in [5, 5.41) is 14.2. The highest BCUT2D eigenvalue weighted by molar-refractivity contribution is 7.12. The molecule has 1 aliphatic rings. The fourth-order valence-electron chi connectivity index (χ4n) is 3.69. The van der Waals surface area contributed by atoms with Gasteiger partial charge in [-0.25, -0.2) is 0 Å². The number of tetrazole rings is 1. The molecular formula is C22H20N6OS. The van der Waals surface area contributed by atoms with Gasteiger partial charge in [-0.1, -0.05) is 53.6 Å². The van der Waals surface area contributed by atoms with Crippen LogP contribution < -0.4 is 4.90 Å². The van der Waals surface area contributed by atoms with Gasteiger partial charge in [-0.3, -0.25) is 4.79 Å². The Labute approximate surface area is 178 Å². The minimum Gasteiger partial charge on any atom is -0.336 e. The Morgan fingerprint density at radius 2 is 1.57 bits per heavy atom. The van der Waals surface area contributed by atoms with Gasteiger partial charge in [0.15, 0.2) is 0 Å². The van der Waals surface area contributed by atoms with Crippen molar-refractivity contribution >= 4 is 23.2 Å². The van der Waals surface area contributed by atoms with Gasteiger partial charge in [0.2, 0.25) is 5.95 Å². The second-order valence-corrected chi connectivity index (χ2v) is 7.95. The van der Waals surface area contributed by atoms with E-state index in [1.165, 1.54) is 11.3 Å². The topological polar surface area (TPSA) is 67.2 Å². The van der Waals surface area contributed by atoms with E-state index in [1.807, 2.05) is 77.0 Å². The molecule has 7 nitrogen and oxygen atoms in total. The van der Waals surface area contributed by atoms with Crippen LogP contribution in [0.5, 0.6) is 0 Å². The maximum atomic E-state index is 13.2. The predicted molar refractivity (Wildman–Crippen MR) is 117 cm³/mol. The Morgan fingerprint density at radius 3 is 2.30 bits per heavy atom. The van der Waals surface area contributed by atoms with E-state index in [2.05, 4.69) is 20.4 Å². The molecule has 5 rings (SSSR count). The van der Waals surface area contributed by atoms with Crippen molar-refractivity contribution in [1.29, 1.82) is 0 Å². The van der Waals surface area contributed by atoms with Crippen LogP contribution in [0.1, 0.15) is 9.67 Å². The van der Waals surface area contributed by atoms with E-state index >= 15 is 0 Å². The maximum absolute atomic E-state index is 13.2. The van der Waals surface area contributed by atoms with Gasteiger partial charge in [0.25, 0.3) is 5.91 Å². The first-order valence-electron chi connectivity index (χ1n) is 9.82. The van der Waals surface area contributed by atoms with Gasteiger partial charge in [0.05, 0.1) is 10.6 Å². The highest BCUT2D eigenvalue weighted by Gasteiger charge is 2.27. The van der Waals surface area contributed by atoms with Crippen LogP contribution in [0.2, 0.25) is 0 Å². The maximum Gasteiger partial charge on any atom is 0.264 e. The number of thiophene rings is 1. The zero-order valence-corrected chi connectivity index (χ0v) is 17.1. The molecule has 8 heteroatoms. The number of nitrogens with zero attached hydrogens (tertiary/aromatic N) is 6. The van der Waals surface area contributed by atoms with Gasteiger partial charge < -0.3 is 9.80 Å². The first-order chi connectivity index (χ1) is 14.8. The molecule has 0 radical (unpaired) electrons. The van der Waals surface area contributed by atoms with Gasteiger partial charge in [-0.05, 0) is 39.6 Å². The molecule has 2 aromatic heterocycles. The van der Waals surface area contributed by atoms with Crippen molar-refractivity contribution in [2.24, 2.45) is 0 Å². The third-order valence-electron chi connectivity index (χ3n) is 5.25. The number of carbonyl (C=O) groups is 1. The van der Waals surface area contributed by atoms with E-state index in [0.717, 1.165) is 21.7 Å². The molecule has 1 saturated heterocycles. The summed E-state index contributed by atoms with van der Waals surface area (Å²) in [5.41, 5.74) is 2.99. The van der Waals surface area contributed by atoms with Crippen LogP contribution in [-0.2, 0) is 0 Å². The first-order valence-corrected chi connectivity index (χ1v) is 10.7. The molecule has 0 N–H and O–H groups in total. The van der Waals surface area contributed by atoms with Crippen molar-refractivity contribution in [3.05, 3.63) is 77.0 Å². The van der Waals surface area contributed by atoms with Gasteiger partial charge in [0.1, 0.15) is 0 Å². The number of rotatable bonds is 4. The molecule has 0 spiro atoms. The molecule has 1 amide bonds. The number of carbonyl (C=O) groups excluding carboxylic acids is 1. The lowest BCUT2D eigenvalue weighted by Crippen LogP contribution is -2.49. The molecule has 3 heterocycles. The lowest BCUT2D eigenvalue weighted by atomic mass is 10.1. The molecule has 0 bridgehead atoms. The van der Waals surface area contributed by atoms with Crippen LogP contribution in [0.4, 0.5) is 5.95 Å². The molecule has 0 aliphatic carbocycles. The highest BCUT2D eigenvalue weighted by Crippen LogP contribution is 2.30. The average Bonchev–Trinajstić information content (AvgIpc) is 3.50. The summed E-state index contributed by atoms with van der Waals surface area (Å²) in [6.07, 6.45) is 0. The third kappa shape index (κ3) is 3.46. The van der Waals surface area contributed by atoms with Crippen molar-refractivity contribution in [2.75, 3.05) is 31.1 Å². The van der Waals surface area contributed by atoms with Crippen LogP contribution in [-0.4, -0.2) is 57.2 Å². The molecule has 30 heavy (non-hydrogen) atoms. The van der Waals surface area contributed by atoms with Crippen LogP contribution in [0, 0.1) is 0 Å². The molecule has 0 saturated carbocycles. The summed E-state index contributed by atoms with van der Waals surface area (Å²) in [6.45, 7) is 2.63. The Morgan fingerprint density at radius 1 is 0.867 bits per heavy atom. The molecule has 1 aliphatic heterocycles. The van der Waals surface area contributed by atoms with E-state index in [4.69, 9.17) is 0 Å². The summed E-state index contributed by atoms with van der Waals surface area (Å²) < 4.78 is 1.74. The summed E-state index contributed by atoms with van der Waals surface area (Å²) in [6, 6.07) is 21.9. The van der Waals surface area contributed by atoms with E-state index in [0.29, 0.717) is 32.1 Å². The number of amides is 1. The molecule has 150 valence electrons. The highest BCUT2D eigenvalue weighted by atomic mass is 32.1. The zero-order valence-electron chi connectivity index (χ0n) is 16.3. The molecule has 4 aromatic rings. The number of aromatic nitrogens is 4. The van der Waals surface area contributed by atoms with Gasteiger partial charge in [-0.2, -0.15) is 4.68 Å².